The third-order valence-electron chi connectivity index (χ3n) is 2.45. The summed E-state index contributed by atoms with van der Waals surface area (Å²) in [5, 5.41) is 0. The quantitative estimate of drug-likeness (QED) is 0.630. The van der Waals surface area contributed by atoms with Crippen LogP contribution in [0.25, 0.3) is 0 Å². The molecule has 0 aromatic heterocycles. The Balaban J connectivity index is 2.43. The number of ether oxygens (including phenoxy) is 1. The van der Waals surface area contributed by atoms with Gasteiger partial charge in [0.05, 0.1) is 5.56 Å². The minimum atomic E-state index is -5.00. The molecular weight excluding hydrogens is 276 g/mol. The van der Waals surface area contributed by atoms with Crippen LogP contribution in [0.5, 0.6) is 5.75 Å². The summed E-state index contributed by atoms with van der Waals surface area (Å²) in [6.45, 7) is 0. The normalized spacial score (nSPS) is 11.2. The van der Waals surface area contributed by atoms with Gasteiger partial charge in [-0.15, -0.1) is 13.2 Å². The molecule has 0 saturated carbocycles. The van der Waals surface area contributed by atoms with E-state index in [-0.39, 0.29) is 11.1 Å². The Kier molecular flexibility index (Phi) is 3.74. The van der Waals surface area contributed by atoms with E-state index >= 15 is 0 Å². The van der Waals surface area contributed by atoms with Gasteiger partial charge in [-0.2, -0.15) is 0 Å². The number of ketones is 1. The summed E-state index contributed by atoms with van der Waals surface area (Å²) >= 11 is 0. The van der Waals surface area contributed by atoms with Gasteiger partial charge in [-0.3, -0.25) is 4.79 Å². The van der Waals surface area contributed by atoms with Crippen LogP contribution < -0.4 is 4.74 Å². The van der Waals surface area contributed by atoms with E-state index < -0.39 is 23.7 Å². The van der Waals surface area contributed by atoms with Crippen molar-refractivity contribution in [3.8, 4) is 5.75 Å². The van der Waals surface area contributed by atoms with E-state index in [9.17, 15) is 22.4 Å². The first-order valence-electron chi connectivity index (χ1n) is 5.52. The number of carbonyl (C=O) groups is 1. The molecule has 6 heteroatoms. The fourth-order valence-corrected chi connectivity index (χ4v) is 1.64. The van der Waals surface area contributed by atoms with Gasteiger partial charge in [0.25, 0.3) is 0 Å². The molecule has 0 atom stereocenters. The summed E-state index contributed by atoms with van der Waals surface area (Å²) in [7, 11) is 0. The van der Waals surface area contributed by atoms with Crippen molar-refractivity contribution in [2.24, 2.45) is 0 Å². The van der Waals surface area contributed by atoms with Gasteiger partial charge in [0.15, 0.2) is 5.78 Å². The topological polar surface area (TPSA) is 26.3 Å². The van der Waals surface area contributed by atoms with Gasteiger partial charge in [-0.1, -0.05) is 30.3 Å². The van der Waals surface area contributed by atoms with Crippen LogP contribution in [0.4, 0.5) is 17.6 Å². The number of benzene rings is 2. The van der Waals surface area contributed by atoms with Crippen LogP contribution in [0.1, 0.15) is 15.9 Å². The van der Waals surface area contributed by atoms with Gasteiger partial charge in [0, 0.05) is 11.6 Å². The minimum Gasteiger partial charge on any atom is -0.405 e. The van der Waals surface area contributed by atoms with Crippen molar-refractivity contribution in [2.75, 3.05) is 0 Å². The summed E-state index contributed by atoms with van der Waals surface area (Å²) in [6.07, 6.45) is -5.00. The molecule has 0 radical (unpaired) electrons. The lowest BCUT2D eigenvalue weighted by Gasteiger charge is -2.12. The zero-order valence-electron chi connectivity index (χ0n) is 9.95. The van der Waals surface area contributed by atoms with Gasteiger partial charge < -0.3 is 4.74 Å². The van der Waals surface area contributed by atoms with Gasteiger partial charge in [0.2, 0.25) is 0 Å². The van der Waals surface area contributed by atoms with Gasteiger partial charge in [-0.25, -0.2) is 4.39 Å². The molecule has 0 N–H and O–H groups in total. The monoisotopic (exact) mass is 284 g/mol. The molecule has 0 spiro atoms. The van der Waals surface area contributed by atoms with Crippen molar-refractivity contribution in [2.45, 2.75) is 6.36 Å². The maximum Gasteiger partial charge on any atom is 0.573 e. The predicted octanol–water partition coefficient (Wildman–Crippen LogP) is 3.96. The van der Waals surface area contributed by atoms with Crippen molar-refractivity contribution in [1.29, 1.82) is 0 Å². The highest BCUT2D eigenvalue weighted by atomic mass is 19.4. The molecule has 0 amide bonds. The summed E-state index contributed by atoms with van der Waals surface area (Å²) in [6, 6.07) is 10.1. The van der Waals surface area contributed by atoms with Crippen LogP contribution in [-0.4, -0.2) is 12.1 Å². The molecule has 0 unspecified atom stereocenters. The second-order valence-electron chi connectivity index (χ2n) is 3.88. The zero-order chi connectivity index (χ0) is 14.8. The molecule has 0 aliphatic heterocycles. The van der Waals surface area contributed by atoms with E-state index in [0.29, 0.717) is 6.07 Å². The van der Waals surface area contributed by atoms with Crippen LogP contribution in [0.15, 0.2) is 48.5 Å². The Morgan fingerprint density at radius 3 is 2.25 bits per heavy atom. The van der Waals surface area contributed by atoms with Crippen LogP contribution in [0.3, 0.4) is 0 Å². The van der Waals surface area contributed by atoms with Crippen molar-refractivity contribution in [1.82, 2.24) is 0 Å². The first kappa shape index (κ1) is 14.0. The molecule has 2 rings (SSSR count). The summed E-state index contributed by atoms with van der Waals surface area (Å²) < 4.78 is 53.5. The van der Waals surface area contributed by atoms with Crippen LogP contribution in [-0.2, 0) is 0 Å². The fourth-order valence-electron chi connectivity index (χ4n) is 1.64. The lowest BCUT2D eigenvalue weighted by molar-refractivity contribution is -0.274. The molecular formula is C14H8F4O2. The summed E-state index contributed by atoms with van der Waals surface area (Å²) in [5.41, 5.74) is -0.166. The summed E-state index contributed by atoms with van der Waals surface area (Å²) in [4.78, 5) is 12.1. The lowest BCUT2D eigenvalue weighted by Crippen LogP contribution is -2.19. The van der Waals surface area contributed by atoms with Gasteiger partial charge in [0.1, 0.15) is 11.6 Å². The third-order valence-corrected chi connectivity index (χ3v) is 2.45. The van der Waals surface area contributed by atoms with Crippen LogP contribution in [0, 0.1) is 5.82 Å². The molecule has 104 valence electrons. The molecule has 0 bridgehead atoms. The minimum absolute atomic E-state index is 0.186. The molecule has 2 aromatic carbocycles. The Morgan fingerprint density at radius 1 is 1.00 bits per heavy atom. The highest BCUT2D eigenvalue weighted by Crippen LogP contribution is 2.28. The molecule has 20 heavy (non-hydrogen) atoms. The van der Waals surface area contributed by atoms with Crippen molar-refractivity contribution in [3.63, 3.8) is 0 Å². The zero-order valence-corrected chi connectivity index (χ0v) is 9.95. The standard InChI is InChI=1S/C14H8F4O2/c15-10-6-7-11(12(8-10)20-14(16,17)18)13(19)9-4-2-1-3-5-9/h1-8H. The number of halogens is 4. The first-order chi connectivity index (χ1) is 9.37. The number of carbonyl (C=O) groups excluding carboxylic acids is 1. The maximum absolute atomic E-state index is 13.0. The van der Waals surface area contributed by atoms with Gasteiger partial charge >= 0.3 is 6.36 Å². The second-order valence-corrected chi connectivity index (χ2v) is 3.88. The molecule has 0 fully saturated rings. The average molecular weight is 284 g/mol. The van der Waals surface area contributed by atoms with Crippen molar-refractivity contribution < 1.29 is 27.1 Å². The summed E-state index contributed by atoms with van der Waals surface area (Å²) in [5.74, 6) is -2.45. The third kappa shape index (κ3) is 3.34. The Bertz CT molecular complexity index is 621. The van der Waals surface area contributed by atoms with E-state index in [1.807, 2.05) is 0 Å². The Hall–Kier alpha value is -2.37. The molecule has 2 nitrogen and oxygen atoms in total. The molecule has 0 aliphatic rings. The Labute approximate surface area is 111 Å². The fraction of sp³-hybridized carbons (Fsp3) is 0.0714. The second kappa shape index (κ2) is 5.32. The van der Waals surface area contributed by atoms with E-state index in [0.717, 1.165) is 12.1 Å². The number of alkyl halides is 3. The highest BCUT2D eigenvalue weighted by Gasteiger charge is 2.33. The van der Waals surface area contributed by atoms with Gasteiger partial charge in [-0.05, 0) is 12.1 Å². The average Bonchev–Trinajstić information content (AvgIpc) is 2.37. The molecule has 0 heterocycles. The maximum atomic E-state index is 13.0. The first-order valence-corrected chi connectivity index (χ1v) is 5.52. The van der Waals surface area contributed by atoms with Crippen LogP contribution >= 0.6 is 0 Å². The van der Waals surface area contributed by atoms with Crippen molar-refractivity contribution >= 4 is 5.78 Å². The smallest absolute Gasteiger partial charge is 0.405 e. The largest absolute Gasteiger partial charge is 0.573 e. The van der Waals surface area contributed by atoms with E-state index in [2.05, 4.69) is 4.74 Å². The van der Waals surface area contributed by atoms with E-state index in [4.69, 9.17) is 0 Å². The predicted molar refractivity (Wildman–Crippen MR) is 63.0 cm³/mol. The number of hydrogen-bond donors (Lipinski definition) is 0. The number of hydrogen-bond acceptors (Lipinski definition) is 2. The Morgan fingerprint density at radius 2 is 1.65 bits per heavy atom. The molecule has 0 saturated heterocycles. The molecule has 2 aromatic rings. The molecule has 0 aliphatic carbocycles. The lowest BCUT2D eigenvalue weighted by atomic mass is 10.0. The number of rotatable bonds is 3. The van der Waals surface area contributed by atoms with E-state index in [1.165, 1.54) is 12.1 Å². The van der Waals surface area contributed by atoms with Crippen LogP contribution in [0.2, 0.25) is 0 Å². The highest BCUT2D eigenvalue weighted by molar-refractivity contribution is 6.10. The van der Waals surface area contributed by atoms with E-state index in [1.54, 1.807) is 18.2 Å². The SMILES string of the molecule is O=C(c1ccccc1)c1ccc(F)cc1OC(F)(F)F. The van der Waals surface area contributed by atoms with Crippen molar-refractivity contribution in [3.05, 3.63) is 65.5 Å².